The van der Waals surface area contributed by atoms with Crippen molar-refractivity contribution in [3.63, 3.8) is 0 Å². The van der Waals surface area contributed by atoms with E-state index < -0.39 is 0 Å². The van der Waals surface area contributed by atoms with E-state index in [0.29, 0.717) is 0 Å². The van der Waals surface area contributed by atoms with Gasteiger partial charge in [-0.15, -0.1) is 0 Å². The first-order valence-corrected chi connectivity index (χ1v) is 8.30. The van der Waals surface area contributed by atoms with Crippen LogP contribution in [-0.2, 0) is 0 Å². The Kier molecular flexibility index (Phi) is 4.75. The summed E-state index contributed by atoms with van der Waals surface area (Å²) in [6.45, 7) is 9.75. The van der Waals surface area contributed by atoms with E-state index in [1.54, 1.807) is 0 Å². The average Bonchev–Trinajstić information content (AvgIpc) is 2.46. The minimum absolute atomic E-state index is 0.850. The van der Waals surface area contributed by atoms with Gasteiger partial charge in [0.1, 0.15) is 0 Å². The second-order valence-electron chi connectivity index (χ2n) is 7.18. The van der Waals surface area contributed by atoms with E-state index in [2.05, 4.69) is 39.6 Å². The summed E-state index contributed by atoms with van der Waals surface area (Å²) in [5, 5.41) is 0. The molecule has 1 heteroatoms. The van der Waals surface area contributed by atoms with Crippen molar-refractivity contribution in [2.45, 2.75) is 78.3 Å². The van der Waals surface area contributed by atoms with Crippen molar-refractivity contribution in [3.8, 4) is 0 Å². The molecule has 0 aromatic heterocycles. The minimum Gasteiger partial charge on any atom is -0.300 e. The SMILES string of the molecule is CCCC1C(CC)CC2CC(C(C)CC2C)N1C. The number of hydrogen-bond donors (Lipinski definition) is 0. The molecule has 0 aromatic rings. The highest BCUT2D eigenvalue weighted by atomic mass is 15.2. The maximum atomic E-state index is 2.79. The molecule has 1 aliphatic heterocycles. The average molecular weight is 251 g/mol. The fourth-order valence-corrected chi connectivity index (χ4v) is 4.91. The molecule has 0 radical (unpaired) electrons. The lowest BCUT2D eigenvalue weighted by atomic mass is 9.70. The molecule has 2 fully saturated rings. The van der Waals surface area contributed by atoms with Crippen molar-refractivity contribution in [1.82, 2.24) is 4.90 Å². The van der Waals surface area contributed by atoms with Crippen LogP contribution in [0.25, 0.3) is 0 Å². The van der Waals surface area contributed by atoms with Gasteiger partial charge in [-0.3, -0.25) is 4.90 Å². The zero-order chi connectivity index (χ0) is 13.3. The summed E-state index contributed by atoms with van der Waals surface area (Å²) < 4.78 is 0. The molecule has 1 aliphatic carbocycles. The Morgan fingerprint density at radius 1 is 1.00 bits per heavy atom. The van der Waals surface area contributed by atoms with Gasteiger partial charge in [-0.05, 0) is 56.4 Å². The molecule has 2 aliphatic rings. The van der Waals surface area contributed by atoms with Crippen molar-refractivity contribution >= 4 is 0 Å². The van der Waals surface area contributed by atoms with E-state index in [0.717, 1.165) is 35.8 Å². The lowest BCUT2D eigenvalue weighted by Gasteiger charge is -2.42. The smallest absolute Gasteiger partial charge is 0.0124 e. The maximum absolute atomic E-state index is 2.79. The van der Waals surface area contributed by atoms with Gasteiger partial charge < -0.3 is 0 Å². The van der Waals surface area contributed by atoms with Crippen molar-refractivity contribution in [2.24, 2.45) is 23.7 Å². The van der Waals surface area contributed by atoms with Crippen LogP contribution in [0.1, 0.15) is 66.2 Å². The summed E-state index contributed by atoms with van der Waals surface area (Å²) in [4.78, 5) is 2.79. The van der Waals surface area contributed by atoms with E-state index in [4.69, 9.17) is 0 Å². The number of nitrogens with zero attached hydrogens (tertiary/aromatic N) is 1. The molecule has 1 saturated carbocycles. The Labute approximate surface area is 114 Å². The monoisotopic (exact) mass is 251 g/mol. The van der Waals surface area contributed by atoms with Gasteiger partial charge in [-0.1, -0.05) is 40.5 Å². The molecule has 0 spiro atoms. The quantitative estimate of drug-likeness (QED) is 0.710. The van der Waals surface area contributed by atoms with Crippen molar-refractivity contribution in [1.29, 1.82) is 0 Å². The largest absolute Gasteiger partial charge is 0.300 e. The highest BCUT2D eigenvalue weighted by Crippen LogP contribution is 2.45. The van der Waals surface area contributed by atoms with Crippen LogP contribution in [0, 0.1) is 23.7 Å². The number of likely N-dealkylation sites (tertiary alicyclic amines) is 1. The summed E-state index contributed by atoms with van der Waals surface area (Å²) >= 11 is 0. The first kappa shape index (κ1) is 14.4. The van der Waals surface area contributed by atoms with E-state index in [9.17, 15) is 0 Å². The van der Waals surface area contributed by atoms with Gasteiger partial charge in [0.25, 0.3) is 0 Å². The third kappa shape index (κ3) is 2.61. The molecule has 1 heterocycles. The molecular formula is C17H33N. The van der Waals surface area contributed by atoms with Crippen molar-refractivity contribution in [2.75, 3.05) is 7.05 Å². The van der Waals surface area contributed by atoms with Crippen LogP contribution in [0.4, 0.5) is 0 Å². The van der Waals surface area contributed by atoms with Crippen LogP contribution in [0.15, 0.2) is 0 Å². The van der Waals surface area contributed by atoms with Gasteiger partial charge >= 0.3 is 0 Å². The van der Waals surface area contributed by atoms with E-state index in [1.807, 2.05) is 0 Å². The van der Waals surface area contributed by atoms with Gasteiger partial charge in [0, 0.05) is 12.1 Å². The molecule has 6 unspecified atom stereocenters. The van der Waals surface area contributed by atoms with Gasteiger partial charge in [-0.25, -0.2) is 0 Å². The zero-order valence-electron chi connectivity index (χ0n) is 13.2. The van der Waals surface area contributed by atoms with Gasteiger partial charge in [0.2, 0.25) is 0 Å². The van der Waals surface area contributed by atoms with Crippen molar-refractivity contribution in [3.05, 3.63) is 0 Å². The lowest BCUT2D eigenvalue weighted by molar-refractivity contribution is 0.0668. The first-order valence-electron chi connectivity index (χ1n) is 8.30. The van der Waals surface area contributed by atoms with Crippen LogP contribution in [0.5, 0.6) is 0 Å². The fraction of sp³-hybridized carbons (Fsp3) is 1.00. The molecule has 2 rings (SSSR count). The third-order valence-electron chi connectivity index (χ3n) is 6.05. The molecule has 6 atom stereocenters. The maximum Gasteiger partial charge on any atom is 0.0124 e. The molecule has 2 bridgehead atoms. The van der Waals surface area contributed by atoms with Crippen LogP contribution < -0.4 is 0 Å². The van der Waals surface area contributed by atoms with Crippen molar-refractivity contribution < 1.29 is 0 Å². The summed E-state index contributed by atoms with van der Waals surface area (Å²) in [5.41, 5.74) is 0. The van der Waals surface area contributed by atoms with Gasteiger partial charge in [-0.2, -0.15) is 0 Å². The highest BCUT2D eigenvalue weighted by molar-refractivity contribution is 4.95. The Balaban J connectivity index is 2.22. The molecule has 18 heavy (non-hydrogen) atoms. The van der Waals surface area contributed by atoms with Crippen LogP contribution >= 0.6 is 0 Å². The molecule has 0 N–H and O–H groups in total. The lowest BCUT2D eigenvalue weighted by Crippen LogP contribution is -2.46. The third-order valence-corrected chi connectivity index (χ3v) is 6.05. The summed E-state index contributed by atoms with van der Waals surface area (Å²) in [6.07, 6.45) is 8.53. The Morgan fingerprint density at radius 2 is 1.72 bits per heavy atom. The molecule has 0 aromatic carbocycles. The van der Waals surface area contributed by atoms with Gasteiger partial charge in [0.05, 0.1) is 0 Å². The zero-order valence-corrected chi connectivity index (χ0v) is 13.2. The predicted molar refractivity (Wildman–Crippen MR) is 79.7 cm³/mol. The predicted octanol–water partition coefficient (Wildman–Crippen LogP) is 4.57. The highest BCUT2D eigenvalue weighted by Gasteiger charge is 2.42. The molecule has 1 nitrogen and oxygen atoms in total. The molecule has 1 saturated heterocycles. The van der Waals surface area contributed by atoms with Crippen LogP contribution in [0.3, 0.4) is 0 Å². The van der Waals surface area contributed by atoms with E-state index in [-0.39, 0.29) is 0 Å². The topological polar surface area (TPSA) is 3.24 Å². The van der Waals surface area contributed by atoms with E-state index in [1.165, 1.54) is 38.5 Å². The second-order valence-corrected chi connectivity index (χ2v) is 7.18. The Hall–Kier alpha value is -0.0400. The molecule has 0 amide bonds. The summed E-state index contributed by atoms with van der Waals surface area (Å²) in [5.74, 6) is 3.80. The fourth-order valence-electron chi connectivity index (χ4n) is 4.91. The van der Waals surface area contributed by atoms with Gasteiger partial charge in [0.15, 0.2) is 0 Å². The first-order chi connectivity index (χ1) is 8.58. The molecular weight excluding hydrogens is 218 g/mol. The summed E-state index contributed by atoms with van der Waals surface area (Å²) in [6, 6.07) is 1.71. The van der Waals surface area contributed by atoms with Crippen LogP contribution in [0.2, 0.25) is 0 Å². The standard InChI is InChI=1S/C17H33N/c1-6-8-16-14(7-2)10-15-11-17(18(16)5)13(4)9-12(15)3/h12-17H,6-11H2,1-5H3. The molecule has 106 valence electrons. The minimum atomic E-state index is 0.850. The van der Waals surface area contributed by atoms with Crippen LogP contribution in [-0.4, -0.2) is 24.0 Å². The number of hydrogen-bond acceptors (Lipinski definition) is 1. The summed E-state index contributed by atoms with van der Waals surface area (Å²) in [7, 11) is 2.42. The number of fused-ring (bicyclic) bond motifs is 2. The number of rotatable bonds is 3. The normalized spacial score (nSPS) is 45.8. The Bertz CT molecular complexity index is 262. The second kappa shape index (κ2) is 5.94. The van der Waals surface area contributed by atoms with E-state index >= 15 is 0 Å². The Morgan fingerprint density at radius 3 is 2.33 bits per heavy atom.